The van der Waals surface area contributed by atoms with Crippen molar-refractivity contribution in [1.29, 1.82) is 0 Å². The lowest BCUT2D eigenvalue weighted by Gasteiger charge is -2.09. The number of alkyl halides is 3. The lowest BCUT2D eigenvalue weighted by Crippen LogP contribution is -2.10. The molecule has 0 radical (unpaired) electrons. The van der Waals surface area contributed by atoms with Gasteiger partial charge in [-0.05, 0) is 24.3 Å². The second-order valence-electron chi connectivity index (χ2n) is 4.10. The molecule has 0 saturated heterocycles. The summed E-state index contributed by atoms with van der Waals surface area (Å²) in [4.78, 5) is 16.9. The molecule has 9 heteroatoms. The molecule has 2 heterocycles. The van der Waals surface area contributed by atoms with Crippen molar-refractivity contribution < 1.29 is 18.1 Å². The molecule has 0 spiro atoms. The Balaban J connectivity index is 2.32. The van der Waals surface area contributed by atoms with Crippen molar-refractivity contribution in [2.24, 2.45) is 0 Å². The van der Waals surface area contributed by atoms with Gasteiger partial charge in [0.2, 0.25) is 0 Å². The molecule has 2 aromatic rings. The average Bonchev–Trinajstić information content (AvgIpc) is 2.45. The van der Waals surface area contributed by atoms with Crippen molar-refractivity contribution in [3.63, 3.8) is 0 Å². The van der Waals surface area contributed by atoms with Gasteiger partial charge in [-0.25, -0.2) is 9.97 Å². The van der Waals surface area contributed by atoms with E-state index in [4.69, 9.17) is 11.6 Å². The number of halogens is 4. The van der Waals surface area contributed by atoms with Gasteiger partial charge in [-0.1, -0.05) is 17.7 Å². The first-order chi connectivity index (χ1) is 10.3. The van der Waals surface area contributed by atoms with Crippen LogP contribution in [0.3, 0.4) is 0 Å². The Labute approximate surface area is 127 Å². The maximum Gasteiger partial charge on any atom is 0.433 e. The van der Waals surface area contributed by atoms with E-state index in [-0.39, 0.29) is 22.1 Å². The number of hydrogen-bond donors (Lipinski definition) is 0. The summed E-state index contributed by atoms with van der Waals surface area (Å²) < 4.78 is 38.6. The first kappa shape index (κ1) is 15.9. The van der Waals surface area contributed by atoms with Crippen LogP contribution in [0.2, 0.25) is 5.15 Å². The second-order valence-corrected chi connectivity index (χ2v) is 4.49. The highest BCUT2D eigenvalue weighted by Gasteiger charge is 2.35. The molecule has 2 aromatic heterocycles. The number of pyridine rings is 2. The monoisotopic (exact) mass is 329 g/mol. The Morgan fingerprint density at radius 2 is 1.91 bits per heavy atom. The zero-order chi connectivity index (χ0) is 16.3. The van der Waals surface area contributed by atoms with Crippen molar-refractivity contribution in [3.05, 3.63) is 62.7 Å². The van der Waals surface area contributed by atoms with Crippen molar-refractivity contribution in [3.8, 4) is 0 Å². The van der Waals surface area contributed by atoms with Crippen LogP contribution in [0.15, 0.2) is 30.5 Å². The Morgan fingerprint density at radius 1 is 1.18 bits per heavy atom. The van der Waals surface area contributed by atoms with Gasteiger partial charge >= 0.3 is 6.18 Å². The highest BCUT2D eigenvalue weighted by atomic mass is 35.5. The first-order valence-corrected chi connectivity index (χ1v) is 6.17. The summed E-state index contributed by atoms with van der Waals surface area (Å²) in [5, 5.41) is 10.2. The summed E-state index contributed by atoms with van der Waals surface area (Å²) >= 11 is 5.48. The normalized spacial score (nSPS) is 11.8. The highest BCUT2D eigenvalue weighted by molar-refractivity contribution is 6.29. The van der Waals surface area contributed by atoms with E-state index in [1.54, 1.807) is 0 Å². The third-order valence-corrected chi connectivity index (χ3v) is 2.79. The highest BCUT2D eigenvalue weighted by Crippen LogP contribution is 2.32. The summed E-state index contributed by atoms with van der Waals surface area (Å²) in [7, 11) is 0. The molecule has 0 amide bonds. The number of nitro groups is 1. The summed E-state index contributed by atoms with van der Waals surface area (Å²) in [5.41, 5.74) is -1.23. The molecular weight excluding hydrogens is 323 g/mol. The third-order valence-electron chi connectivity index (χ3n) is 2.58. The van der Waals surface area contributed by atoms with E-state index in [1.165, 1.54) is 36.4 Å². The van der Waals surface area contributed by atoms with Crippen LogP contribution in [-0.4, -0.2) is 14.9 Å². The Hall–Kier alpha value is -2.48. The van der Waals surface area contributed by atoms with Gasteiger partial charge in [0, 0.05) is 11.6 Å². The molecule has 0 aromatic carbocycles. The smallest absolute Gasteiger partial charge is 0.258 e. The van der Waals surface area contributed by atoms with Crippen LogP contribution in [0.4, 0.5) is 18.9 Å². The van der Waals surface area contributed by atoms with Crippen molar-refractivity contribution in [2.45, 2.75) is 6.18 Å². The fourth-order valence-electron chi connectivity index (χ4n) is 1.59. The van der Waals surface area contributed by atoms with Crippen molar-refractivity contribution in [1.82, 2.24) is 9.97 Å². The predicted molar refractivity (Wildman–Crippen MR) is 74.1 cm³/mol. The van der Waals surface area contributed by atoms with E-state index >= 15 is 0 Å². The first-order valence-electron chi connectivity index (χ1n) is 5.79. The molecule has 0 aliphatic heterocycles. The van der Waals surface area contributed by atoms with E-state index in [0.29, 0.717) is 0 Å². The minimum atomic E-state index is -4.65. The number of rotatable bonds is 3. The Bertz CT molecular complexity index is 730. The Kier molecular flexibility index (Phi) is 4.41. The van der Waals surface area contributed by atoms with Gasteiger partial charge in [0.25, 0.3) is 5.69 Å². The second kappa shape index (κ2) is 6.10. The van der Waals surface area contributed by atoms with Gasteiger partial charge in [-0.15, -0.1) is 0 Å². The molecule has 114 valence electrons. The maximum atomic E-state index is 12.9. The molecule has 0 fully saturated rings. The van der Waals surface area contributed by atoms with E-state index < -0.39 is 16.8 Å². The number of aromatic nitrogens is 2. The molecule has 22 heavy (non-hydrogen) atoms. The lowest BCUT2D eigenvalue weighted by molar-refractivity contribution is -0.385. The van der Waals surface area contributed by atoms with Gasteiger partial charge in [-0.2, -0.15) is 13.2 Å². The molecule has 0 N–H and O–H groups in total. The zero-order valence-electron chi connectivity index (χ0n) is 10.7. The fourth-order valence-corrected chi connectivity index (χ4v) is 1.73. The van der Waals surface area contributed by atoms with Crippen LogP contribution >= 0.6 is 11.6 Å². The van der Waals surface area contributed by atoms with Crippen LogP contribution in [-0.2, 0) is 6.18 Å². The SMILES string of the molecule is O=[N+]([O-])c1ccc(C=Cc2ccc(Cl)nc2C(F)(F)F)nc1. The van der Waals surface area contributed by atoms with Crippen LogP contribution in [0.1, 0.15) is 17.0 Å². The molecular formula is C13H7ClF3N3O2. The largest absolute Gasteiger partial charge is 0.433 e. The van der Waals surface area contributed by atoms with Crippen LogP contribution in [0.5, 0.6) is 0 Å². The minimum Gasteiger partial charge on any atom is -0.258 e. The third kappa shape index (κ3) is 3.79. The van der Waals surface area contributed by atoms with Gasteiger partial charge in [0.1, 0.15) is 11.3 Å². The average molecular weight is 330 g/mol. The molecule has 0 unspecified atom stereocenters. The fraction of sp³-hybridized carbons (Fsp3) is 0.0769. The van der Waals surface area contributed by atoms with Crippen molar-refractivity contribution in [2.75, 3.05) is 0 Å². The minimum absolute atomic E-state index is 0.183. The van der Waals surface area contributed by atoms with E-state index in [9.17, 15) is 23.3 Å². The van der Waals surface area contributed by atoms with E-state index in [2.05, 4.69) is 9.97 Å². The number of nitrogens with zero attached hydrogens (tertiary/aromatic N) is 3. The summed E-state index contributed by atoms with van der Waals surface area (Å²) in [6, 6.07) is 4.95. The molecule has 0 aliphatic rings. The molecule has 5 nitrogen and oxygen atoms in total. The molecule has 2 rings (SSSR count). The quantitative estimate of drug-likeness (QED) is 0.480. The van der Waals surface area contributed by atoms with Gasteiger partial charge in [0.15, 0.2) is 5.69 Å². The maximum absolute atomic E-state index is 12.9. The standard InChI is InChI=1S/C13H7ClF3N3O2/c14-11-6-2-8(12(19-11)13(15,16)17)1-3-9-4-5-10(7-18-9)20(21)22/h1-7H. The Morgan fingerprint density at radius 3 is 2.45 bits per heavy atom. The lowest BCUT2D eigenvalue weighted by atomic mass is 10.1. The zero-order valence-corrected chi connectivity index (χ0v) is 11.5. The predicted octanol–water partition coefficient (Wildman–Crippen LogP) is 4.23. The van der Waals surface area contributed by atoms with Crippen LogP contribution < -0.4 is 0 Å². The van der Waals surface area contributed by atoms with Crippen LogP contribution in [0, 0.1) is 10.1 Å². The summed E-state index contributed by atoms with van der Waals surface area (Å²) in [6.07, 6.45) is -1.16. The number of hydrogen-bond acceptors (Lipinski definition) is 4. The van der Waals surface area contributed by atoms with Gasteiger partial charge in [-0.3, -0.25) is 10.1 Å². The van der Waals surface area contributed by atoms with Gasteiger partial charge in [0.05, 0.1) is 10.6 Å². The van der Waals surface area contributed by atoms with Gasteiger partial charge < -0.3 is 0 Å². The molecule has 0 bridgehead atoms. The van der Waals surface area contributed by atoms with E-state index in [0.717, 1.165) is 6.20 Å². The molecule has 0 atom stereocenters. The molecule has 0 saturated carbocycles. The summed E-state index contributed by atoms with van der Waals surface area (Å²) in [6.45, 7) is 0. The van der Waals surface area contributed by atoms with Crippen LogP contribution in [0.25, 0.3) is 12.2 Å². The van der Waals surface area contributed by atoms with E-state index in [1.807, 2.05) is 0 Å². The topological polar surface area (TPSA) is 68.9 Å². The summed E-state index contributed by atoms with van der Waals surface area (Å²) in [5.74, 6) is 0. The van der Waals surface area contributed by atoms with Crippen molar-refractivity contribution >= 4 is 29.4 Å². The molecule has 0 aliphatic carbocycles.